The molecule has 0 unspecified atom stereocenters. The van der Waals surface area contributed by atoms with Gasteiger partial charge in [0.2, 0.25) is 0 Å². The van der Waals surface area contributed by atoms with Crippen LogP contribution in [0, 0.1) is 0 Å². The van der Waals surface area contributed by atoms with Crippen LogP contribution in [0.15, 0.2) is 36.5 Å². The number of amides is 1. The van der Waals surface area contributed by atoms with E-state index in [0.29, 0.717) is 13.2 Å². The summed E-state index contributed by atoms with van der Waals surface area (Å²) in [6.45, 7) is 4.71. The van der Waals surface area contributed by atoms with E-state index in [1.165, 1.54) is 5.56 Å². The SMILES string of the molecule is CN(C)C(=O)[C@]1(C)CN(Cc2ccc3ncccc3c2)CCO1. The molecule has 1 fully saturated rings. The summed E-state index contributed by atoms with van der Waals surface area (Å²) in [5.74, 6) is 0.0184. The van der Waals surface area contributed by atoms with E-state index in [1.54, 1.807) is 19.0 Å². The molecular formula is C18H23N3O2. The van der Waals surface area contributed by atoms with Gasteiger partial charge in [0.1, 0.15) is 0 Å². The molecule has 3 rings (SSSR count). The Labute approximate surface area is 136 Å². The first-order valence-corrected chi connectivity index (χ1v) is 7.90. The number of morpholine rings is 1. The largest absolute Gasteiger partial charge is 0.363 e. The second-order valence-corrected chi connectivity index (χ2v) is 6.52. The number of nitrogens with zero attached hydrogens (tertiary/aromatic N) is 3. The molecule has 2 aromatic rings. The van der Waals surface area contributed by atoms with Crippen LogP contribution < -0.4 is 0 Å². The highest BCUT2D eigenvalue weighted by molar-refractivity contribution is 5.84. The second kappa shape index (κ2) is 6.26. The Bertz CT molecular complexity index is 716. The zero-order chi connectivity index (χ0) is 16.4. The monoisotopic (exact) mass is 313 g/mol. The number of carbonyl (C=O) groups excluding carboxylic acids is 1. The number of carbonyl (C=O) groups is 1. The van der Waals surface area contributed by atoms with Crippen molar-refractivity contribution in [3.63, 3.8) is 0 Å². The number of fused-ring (bicyclic) bond motifs is 1. The molecular weight excluding hydrogens is 290 g/mol. The molecule has 5 heteroatoms. The average Bonchev–Trinajstić information content (AvgIpc) is 2.54. The molecule has 0 bridgehead atoms. The first-order valence-electron chi connectivity index (χ1n) is 7.90. The number of aromatic nitrogens is 1. The summed E-state index contributed by atoms with van der Waals surface area (Å²) in [5, 5.41) is 1.14. The average molecular weight is 313 g/mol. The van der Waals surface area contributed by atoms with Crippen LogP contribution in [0.4, 0.5) is 0 Å². The molecule has 1 aliphatic heterocycles. The lowest BCUT2D eigenvalue weighted by Gasteiger charge is -2.40. The molecule has 1 aliphatic rings. The minimum atomic E-state index is -0.764. The fourth-order valence-corrected chi connectivity index (χ4v) is 3.17. The first kappa shape index (κ1) is 15.9. The van der Waals surface area contributed by atoms with Crippen LogP contribution in [-0.2, 0) is 16.1 Å². The second-order valence-electron chi connectivity index (χ2n) is 6.52. The molecule has 2 heterocycles. The third-order valence-corrected chi connectivity index (χ3v) is 4.29. The lowest BCUT2D eigenvalue weighted by atomic mass is 10.0. The van der Waals surface area contributed by atoms with Crippen molar-refractivity contribution >= 4 is 16.8 Å². The van der Waals surface area contributed by atoms with Gasteiger partial charge in [0.15, 0.2) is 5.60 Å². The highest BCUT2D eigenvalue weighted by atomic mass is 16.5. The van der Waals surface area contributed by atoms with Crippen molar-refractivity contribution in [3.8, 4) is 0 Å². The number of rotatable bonds is 3. The van der Waals surface area contributed by atoms with E-state index in [0.717, 1.165) is 24.0 Å². The normalized spacial score (nSPS) is 22.2. The Hall–Kier alpha value is -1.98. The topological polar surface area (TPSA) is 45.7 Å². The van der Waals surface area contributed by atoms with Gasteiger partial charge in [0, 0.05) is 45.3 Å². The maximum atomic E-state index is 12.4. The number of hydrogen-bond donors (Lipinski definition) is 0. The lowest BCUT2D eigenvalue weighted by Crippen LogP contribution is -2.57. The molecule has 1 aromatic heterocycles. The Balaban J connectivity index is 1.75. The van der Waals surface area contributed by atoms with Gasteiger partial charge in [-0.2, -0.15) is 0 Å². The van der Waals surface area contributed by atoms with Crippen LogP contribution in [0.3, 0.4) is 0 Å². The molecule has 1 aromatic carbocycles. The highest BCUT2D eigenvalue weighted by Crippen LogP contribution is 2.22. The molecule has 122 valence electrons. The summed E-state index contributed by atoms with van der Waals surface area (Å²) in [5.41, 5.74) is 1.47. The Morgan fingerprint density at radius 2 is 2.22 bits per heavy atom. The molecule has 0 aliphatic carbocycles. The molecule has 0 N–H and O–H groups in total. The van der Waals surface area contributed by atoms with E-state index in [4.69, 9.17) is 4.74 Å². The van der Waals surface area contributed by atoms with E-state index in [2.05, 4.69) is 34.1 Å². The smallest absolute Gasteiger partial charge is 0.255 e. The highest BCUT2D eigenvalue weighted by Gasteiger charge is 2.40. The molecule has 5 nitrogen and oxygen atoms in total. The number of pyridine rings is 1. The molecule has 0 radical (unpaired) electrons. The van der Waals surface area contributed by atoms with Crippen LogP contribution in [0.25, 0.3) is 10.9 Å². The first-order chi connectivity index (χ1) is 11.0. The predicted molar refractivity (Wildman–Crippen MR) is 90.1 cm³/mol. The Morgan fingerprint density at radius 1 is 1.39 bits per heavy atom. The van der Waals surface area contributed by atoms with Crippen molar-refractivity contribution in [1.29, 1.82) is 0 Å². The van der Waals surface area contributed by atoms with Crippen LogP contribution in [0.2, 0.25) is 0 Å². The van der Waals surface area contributed by atoms with Gasteiger partial charge in [0.25, 0.3) is 5.91 Å². The van der Waals surface area contributed by atoms with Crippen molar-refractivity contribution in [3.05, 3.63) is 42.1 Å². The van der Waals surface area contributed by atoms with Crippen molar-refractivity contribution in [2.75, 3.05) is 33.8 Å². The summed E-state index contributed by atoms with van der Waals surface area (Å²) in [6, 6.07) is 10.4. The van der Waals surface area contributed by atoms with Crippen molar-refractivity contribution in [2.24, 2.45) is 0 Å². The van der Waals surface area contributed by atoms with Gasteiger partial charge in [-0.15, -0.1) is 0 Å². The summed E-state index contributed by atoms with van der Waals surface area (Å²) in [6.07, 6.45) is 1.81. The number of likely N-dealkylation sites (N-methyl/N-ethyl adjacent to an activating group) is 1. The fraction of sp³-hybridized carbons (Fsp3) is 0.444. The maximum Gasteiger partial charge on any atom is 0.255 e. The zero-order valence-corrected chi connectivity index (χ0v) is 14.0. The summed E-state index contributed by atoms with van der Waals surface area (Å²) in [4.78, 5) is 20.6. The van der Waals surface area contributed by atoms with E-state index < -0.39 is 5.60 Å². The quantitative estimate of drug-likeness (QED) is 0.868. The minimum absolute atomic E-state index is 0.0184. The van der Waals surface area contributed by atoms with Gasteiger partial charge in [-0.1, -0.05) is 12.1 Å². The van der Waals surface area contributed by atoms with E-state index >= 15 is 0 Å². The maximum absolute atomic E-state index is 12.4. The number of hydrogen-bond acceptors (Lipinski definition) is 4. The van der Waals surface area contributed by atoms with Crippen LogP contribution in [0.1, 0.15) is 12.5 Å². The van der Waals surface area contributed by atoms with Crippen molar-refractivity contribution < 1.29 is 9.53 Å². The third-order valence-electron chi connectivity index (χ3n) is 4.29. The molecule has 1 atom stereocenters. The van der Waals surface area contributed by atoms with Crippen molar-refractivity contribution in [2.45, 2.75) is 19.1 Å². The van der Waals surface area contributed by atoms with Crippen LogP contribution in [0.5, 0.6) is 0 Å². The molecule has 1 saturated heterocycles. The van der Waals surface area contributed by atoms with Gasteiger partial charge < -0.3 is 9.64 Å². The van der Waals surface area contributed by atoms with Gasteiger partial charge in [-0.25, -0.2) is 0 Å². The molecule has 0 saturated carbocycles. The number of ether oxygens (including phenoxy) is 1. The van der Waals surface area contributed by atoms with Crippen molar-refractivity contribution in [1.82, 2.24) is 14.8 Å². The molecule has 23 heavy (non-hydrogen) atoms. The molecule has 0 spiro atoms. The van der Waals surface area contributed by atoms with E-state index in [9.17, 15) is 4.79 Å². The van der Waals surface area contributed by atoms with Crippen LogP contribution >= 0.6 is 0 Å². The van der Waals surface area contributed by atoms with Crippen LogP contribution in [-0.4, -0.2) is 60.1 Å². The Kier molecular flexibility index (Phi) is 4.33. The van der Waals surface area contributed by atoms with Gasteiger partial charge in [0.05, 0.1) is 12.1 Å². The summed E-state index contributed by atoms with van der Waals surface area (Å²) < 4.78 is 5.78. The van der Waals surface area contributed by atoms with Gasteiger partial charge in [-0.05, 0) is 30.7 Å². The van der Waals surface area contributed by atoms with Gasteiger partial charge >= 0.3 is 0 Å². The van der Waals surface area contributed by atoms with Gasteiger partial charge in [-0.3, -0.25) is 14.7 Å². The summed E-state index contributed by atoms with van der Waals surface area (Å²) in [7, 11) is 3.54. The Morgan fingerprint density at radius 3 is 3.00 bits per heavy atom. The number of benzene rings is 1. The fourth-order valence-electron chi connectivity index (χ4n) is 3.17. The summed E-state index contributed by atoms with van der Waals surface area (Å²) >= 11 is 0. The van der Waals surface area contributed by atoms with E-state index in [-0.39, 0.29) is 5.91 Å². The van der Waals surface area contributed by atoms with E-state index in [1.807, 2.05) is 19.2 Å². The lowest BCUT2D eigenvalue weighted by molar-refractivity contribution is -0.165. The zero-order valence-electron chi connectivity index (χ0n) is 14.0. The minimum Gasteiger partial charge on any atom is -0.363 e. The molecule has 1 amide bonds. The predicted octanol–water partition coefficient (Wildman–Crippen LogP) is 1.91. The third kappa shape index (κ3) is 3.35. The standard InChI is InChI=1S/C18H23N3O2/c1-18(17(22)20(2)3)13-21(9-10-23-18)12-14-6-7-16-15(11-14)5-4-8-19-16/h4-8,11H,9-10,12-13H2,1-3H3/t18-/m0/s1.